The van der Waals surface area contributed by atoms with Crippen LogP contribution in [-0.2, 0) is 14.3 Å². The molecule has 0 unspecified atom stereocenters. The van der Waals surface area contributed by atoms with Gasteiger partial charge in [-0.3, -0.25) is 7.86 Å². The summed E-state index contributed by atoms with van der Waals surface area (Å²) in [7, 11) is 0. The predicted octanol–water partition coefficient (Wildman–Crippen LogP) is 1.21. The lowest BCUT2D eigenvalue weighted by atomic mass is 10.1. The number of carboxylic acid groups (broad SMARTS) is 1. The summed E-state index contributed by atoms with van der Waals surface area (Å²) < 4.78 is 10.9. The topological polar surface area (TPSA) is 94.8 Å². The highest BCUT2D eigenvalue weighted by molar-refractivity contribution is 14.1. The molecule has 0 aromatic heterocycles. The highest BCUT2D eigenvalue weighted by Gasteiger charge is 2.13. The van der Waals surface area contributed by atoms with Crippen LogP contribution in [-0.4, -0.2) is 21.3 Å². The highest BCUT2D eigenvalue weighted by atomic mass is 127. The minimum absolute atomic E-state index is 0.129. The van der Waals surface area contributed by atoms with Gasteiger partial charge in [-0.05, 0) is 11.6 Å². The molecule has 0 spiro atoms. The Balaban J connectivity index is 3.24. The molecule has 5 nitrogen and oxygen atoms in total. The van der Waals surface area contributed by atoms with Gasteiger partial charge in [-0.2, -0.15) is 0 Å². The van der Waals surface area contributed by atoms with Crippen LogP contribution in [0.5, 0.6) is 11.5 Å². The lowest BCUT2D eigenvalue weighted by Crippen LogP contribution is -2.02. The molecule has 0 atom stereocenters. The maximum atomic E-state index is 10.7. The molecule has 0 aliphatic rings. The van der Waals surface area contributed by atoms with E-state index in [-0.39, 0.29) is 27.1 Å². The molecular weight excluding hydrogens is 303 g/mol. The smallest absolute Gasteiger partial charge is 0.307 e. The molecule has 0 aliphatic carbocycles. The number of halogens is 1. The van der Waals surface area contributed by atoms with Crippen molar-refractivity contribution in [2.75, 3.05) is 0 Å². The van der Waals surface area contributed by atoms with E-state index in [1.165, 1.54) is 6.07 Å². The van der Waals surface area contributed by atoms with Gasteiger partial charge in [0.05, 0.1) is 9.99 Å². The van der Waals surface area contributed by atoms with E-state index in [1.807, 2.05) is 0 Å². The number of aliphatic carboxylic acids is 1. The van der Waals surface area contributed by atoms with Gasteiger partial charge in [0.15, 0.2) is 21.2 Å². The third-order valence-corrected chi connectivity index (χ3v) is 3.22. The second kappa shape index (κ2) is 4.36. The van der Waals surface area contributed by atoms with Crippen molar-refractivity contribution >= 4 is 27.2 Å². The zero-order valence-corrected chi connectivity index (χ0v) is 9.06. The molecule has 0 bridgehead atoms. The minimum Gasteiger partial charge on any atom is -0.508 e. The number of phenols is 2. The number of carboxylic acids is 1. The molecule has 1 aromatic carbocycles. The molecule has 1 rings (SSSR count). The Kier molecular flexibility index (Phi) is 3.39. The summed E-state index contributed by atoms with van der Waals surface area (Å²) in [5.41, 5.74) is 0.192. The van der Waals surface area contributed by atoms with Crippen LogP contribution in [0.25, 0.3) is 0 Å². The van der Waals surface area contributed by atoms with Crippen molar-refractivity contribution in [3.63, 3.8) is 0 Å². The van der Waals surface area contributed by atoms with Gasteiger partial charge < -0.3 is 15.3 Å². The van der Waals surface area contributed by atoms with Crippen LogP contribution in [0.2, 0.25) is 0 Å². The highest BCUT2D eigenvalue weighted by Crippen LogP contribution is 2.30. The van der Waals surface area contributed by atoms with Gasteiger partial charge >= 0.3 is 5.97 Å². The van der Waals surface area contributed by atoms with E-state index < -0.39 is 27.2 Å². The van der Waals surface area contributed by atoms with Gasteiger partial charge in [0.25, 0.3) is 0 Å². The van der Waals surface area contributed by atoms with Crippen LogP contribution in [0, 0.1) is 3.57 Å². The summed E-state index contributed by atoms with van der Waals surface area (Å²) in [6.07, 6.45) is -0.362. The van der Waals surface area contributed by atoms with E-state index in [4.69, 9.17) is 10.2 Å². The number of phenolic OH excluding ortho intramolecular Hbond substituents is 2. The van der Waals surface area contributed by atoms with Gasteiger partial charge in [0, 0.05) is 6.07 Å². The van der Waals surface area contributed by atoms with E-state index >= 15 is 0 Å². The van der Waals surface area contributed by atoms with Crippen molar-refractivity contribution in [1.82, 2.24) is 0 Å². The van der Waals surface area contributed by atoms with Gasteiger partial charge in [-0.15, -0.1) is 0 Å². The van der Waals surface area contributed by atoms with E-state index in [9.17, 15) is 13.0 Å². The fraction of sp³-hybridized carbons (Fsp3) is 0.125. The summed E-state index contributed by atoms with van der Waals surface area (Å²) in [4.78, 5) is 10.4. The van der Waals surface area contributed by atoms with Crippen LogP contribution in [0.15, 0.2) is 12.1 Å². The monoisotopic (exact) mass is 310 g/mol. The molecule has 3 N–H and O–H groups in total. The third kappa shape index (κ3) is 2.41. The summed E-state index contributed by atoms with van der Waals surface area (Å²) in [5.74, 6) is -1.65. The van der Waals surface area contributed by atoms with Gasteiger partial charge in [-0.25, -0.2) is 0 Å². The average Bonchev–Trinajstić information content (AvgIpc) is 2.01. The molecule has 0 aliphatic heterocycles. The molecule has 0 saturated heterocycles. The van der Waals surface area contributed by atoms with Crippen molar-refractivity contribution in [2.45, 2.75) is 6.42 Å². The molecule has 0 radical (unpaired) electrons. The molecule has 0 fully saturated rings. The Labute approximate surface area is 89.6 Å². The number of carbonyl (C=O) groups is 1. The number of rotatable bonds is 3. The van der Waals surface area contributed by atoms with Gasteiger partial charge in [-0.1, -0.05) is 0 Å². The van der Waals surface area contributed by atoms with Crippen LogP contribution >= 0.6 is 21.2 Å². The first kappa shape index (κ1) is 10.9. The van der Waals surface area contributed by atoms with E-state index in [0.29, 0.717) is 0 Å². The zero-order valence-electron chi connectivity index (χ0n) is 6.90. The first-order chi connectivity index (χ1) is 6.54. The van der Waals surface area contributed by atoms with E-state index in [2.05, 4.69) is 0 Å². The Bertz CT molecular complexity index is 388. The predicted molar refractivity (Wildman–Crippen MR) is 54.5 cm³/mol. The van der Waals surface area contributed by atoms with Crippen LogP contribution in [0.1, 0.15) is 5.56 Å². The van der Waals surface area contributed by atoms with E-state index in [0.717, 1.165) is 6.07 Å². The third-order valence-electron chi connectivity index (χ3n) is 1.53. The Hall–Kier alpha value is -1.18. The standard InChI is InChI=1S/C8H7IO5/c10-5-1-4(2-7(12)13)8(9-14)6(11)3-5/h1,3,10-11H,2H2,(H,12,13). The molecule has 0 heterocycles. The van der Waals surface area contributed by atoms with Crippen molar-refractivity contribution in [2.24, 2.45) is 0 Å². The van der Waals surface area contributed by atoms with Crippen molar-refractivity contribution in [3.8, 4) is 11.5 Å². The second-order valence-electron chi connectivity index (χ2n) is 2.59. The van der Waals surface area contributed by atoms with Crippen molar-refractivity contribution in [1.29, 1.82) is 0 Å². The normalized spacial score (nSPS) is 10.0. The number of aromatic hydroxyl groups is 2. The summed E-state index contributed by atoms with van der Waals surface area (Å²) in [6, 6.07) is 2.24. The van der Waals surface area contributed by atoms with Crippen LogP contribution in [0.4, 0.5) is 0 Å². The SMILES string of the molecule is O=Ic1c(O)cc(O)cc1CC(=O)O. The van der Waals surface area contributed by atoms with Gasteiger partial charge in [0.1, 0.15) is 11.5 Å². The second-order valence-corrected chi connectivity index (χ2v) is 4.10. The Morgan fingerprint density at radius 3 is 2.50 bits per heavy atom. The summed E-state index contributed by atoms with van der Waals surface area (Å²) >= 11 is -1.65. The first-order valence-electron chi connectivity index (χ1n) is 3.58. The fourth-order valence-electron chi connectivity index (χ4n) is 1.03. The zero-order chi connectivity index (χ0) is 10.7. The molecule has 1 aromatic rings. The van der Waals surface area contributed by atoms with Crippen molar-refractivity contribution in [3.05, 3.63) is 21.3 Å². The average molecular weight is 310 g/mol. The van der Waals surface area contributed by atoms with Crippen LogP contribution < -0.4 is 0 Å². The molecule has 0 saturated carbocycles. The molecule has 76 valence electrons. The lowest BCUT2D eigenvalue weighted by molar-refractivity contribution is -0.136. The minimum atomic E-state index is -1.65. The Morgan fingerprint density at radius 2 is 2.00 bits per heavy atom. The molecular formula is C8H7IO5. The first-order valence-corrected chi connectivity index (χ1v) is 5.54. The van der Waals surface area contributed by atoms with Crippen molar-refractivity contribution < 1.29 is 23.2 Å². The van der Waals surface area contributed by atoms with E-state index in [1.54, 1.807) is 0 Å². The van der Waals surface area contributed by atoms with Crippen LogP contribution in [0.3, 0.4) is 0 Å². The number of hydrogen-bond donors (Lipinski definition) is 3. The number of hydrogen-bond acceptors (Lipinski definition) is 4. The fourth-order valence-corrected chi connectivity index (χ4v) is 2.04. The summed E-state index contributed by atoms with van der Waals surface area (Å²) in [5, 5.41) is 26.9. The quantitative estimate of drug-likeness (QED) is 0.730. The molecule has 6 heteroatoms. The lowest BCUT2D eigenvalue weighted by Gasteiger charge is -2.04. The maximum Gasteiger partial charge on any atom is 0.307 e. The molecule has 0 amide bonds. The number of benzene rings is 1. The largest absolute Gasteiger partial charge is 0.508 e. The summed E-state index contributed by atoms with van der Waals surface area (Å²) in [6.45, 7) is 0. The molecule has 14 heavy (non-hydrogen) atoms. The Morgan fingerprint density at radius 1 is 1.36 bits per heavy atom. The maximum absolute atomic E-state index is 10.7. The van der Waals surface area contributed by atoms with Gasteiger partial charge in [0.2, 0.25) is 0 Å².